The van der Waals surface area contributed by atoms with Gasteiger partial charge in [0.05, 0.1) is 33.4 Å². The number of hydrogen-bond acceptors (Lipinski definition) is 3. The van der Waals surface area contributed by atoms with E-state index in [9.17, 15) is 84.7 Å². The van der Waals surface area contributed by atoms with Crippen molar-refractivity contribution in [2.45, 2.75) is 49.3 Å². The van der Waals surface area contributed by atoms with E-state index in [2.05, 4.69) is 4.65 Å². The number of benzene rings is 3. The van der Waals surface area contributed by atoms with Crippen molar-refractivity contribution in [3.05, 3.63) is 104 Å². The van der Waals surface area contributed by atoms with Gasteiger partial charge in [0, 0.05) is 5.92 Å². The summed E-state index contributed by atoms with van der Waals surface area (Å²) >= 11 is 0. The van der Waals surface area contributed by atoms with Crippen molar-refractivity contribution in [3.63, 3.8) is 0 Å². The van der Waals surface area contributed by atoms with E-state index in [-0.39, 0.29) is 6.92 Å². The van der Waals surface area contributed by atoms with Gasteiger partial charge in [-0.3, -0.25) is 0 Å². The molecule has 0 bridgehead atoms. The van der Waals surface area contributed by atoms with Gasteiger partial charge in [-0.2, -0.15) is 65.9 Å². The molecule has 0 fully saturated rings. The summed E-state index contributed by atoms with van der Waals surface area (Å²) < 4.78 is 270. The summed E-state index contributed by atoms with van der Waals surface area (Å²) in [5.74, 6) is -16.8. The van der Waals surface area contributed by atoms with Gasteiger partial charge in [0.15, 0.2) is 23.3 Å². The van der Waals surface area contributed by atoms with Gasteiger partial charge in [-0.1, -0.05) is 0 Å². The van der Waals surface area contributed by atoms with Crippen LogP contribution >= 0.6 is 0 Å². The summed E-state index contributed by atoms with van der Waals surface area (Å²) in [5.41, 5.74) is -23.6. The van der Waals surface area contributed by atoms with Crippen LogP contribution in [-0.2, 0) is 41.1 Å². The number of hydrogen-bond donors (Lipinski definition) is 2. The Morgan fingerprint density at radius 1 is 0.469 bits per heavy atom. The highest BCUT2D eigenvalue weighted by molar-refractivity contribution is 6.32. The minimum Gasteiger partial charge on any atom is -0.402 e. The lowest BCUT2D eigenvalue weighted by atomic mass is 9.72. The van der Waals surface area contributed by atoms with Gasteiger partial charge in [0.1, 0.15) is 5.56 Å². The predicted octanol–water partition coefficient (Wildman–Crippen LogP) is 9.37. The molecule has 0 saturated carbocycles. The fraction of sp³-hybridized carbons (Fsp3) is 0.308. The molecule has 3 aromatic carbocycles. The summed E-state index contributed by atoms with van der Waals surface area (Å²) in [4.78, 5) is 0. The van der Waals surface area contributed by atoms with Crippen LogP contribution in [0.1, 0.15) is 57.3 Å². The minimum absolute atomic E-state index is 0.133. The number of rotatable bonds is 6. The molecule has 2 N–H and O–H groups in total. The van der Waals surface area contributed by atoms with Crippen LogP contribution in [0, 0.1) is 23.3 Å². The lowest BCUT2D eigenvalue weighted by molar-refractivity contribution is -0.144. The molecule has 0 aromatic heterocycles. The highest BCUT2D eigenvalue weighted by Crippen LogP contribution is 2.52. The first-order chi connectivity index (χ1) is 21.8. The van der Waals surface area contributed by atoms with E-state index in [1.165, 1.54) is 0 Å². The van der Waals surface area contributed by atoms with Gasteiger partial charge < -0.3 is 14.7 Å². The molecule has 0 aliphatic rings. The van der Waals surface area contributed by atoms with Crippen molar-refractivity contribution in [1.29, 1.82) is 0 Å². The lowest BCUT2D eigenvalue weighted by Crippen LogP contribution is -2.42. The first kappa shape index (κ1) is 39.7. The van der Waals surface area contributed by atoms with Crippen molar-refractivity contribution in [2.24, 2.45) is 0 Å². The first-order valence-electron chi connectivity index (χ1n) is 12.4. The van der Waals surface area contributed by atoms with Crippen LogP contribution in [0.4, 0.5) is 83.4 Å². The van der Waals surface area contributed by atoms with Crippen LogP contribution < -0.4 is 0 Å². The van der Waals surface area contributed by atoms with Crippen molar-refractivity contribution in [3.8, 4) is 0 Å². The van der Waals surface area contributed by atoms with E-state index in [1.807, 2.05) is 0 Å². The third-order valence-electron chi connectivity index (χ3n) is 6.83. The molecule has 49 heavy (non-hydrogen) atoms. The second kappa shape index (κ2) is 12.6. The topological polar surface area (TPSA) is 49.7 Å². The maximum absolute atomic E-state index is 15.4. The Morgan fingerprint density at radius 2 is 0.735 bits per heavy atom. The summed E-state index contributed by atoms with van der Waals surface area (Å²) in [6.07, 6.45) is -29.7. The summed E-state index contributed by atoms with van der Waals surface area (Å²) in [6.45, 7) is -0.133. The molecule has 1 atom stereocenters. The third-order valence-corrected chi connectivity index (χ3v) is 6.83. The quantitative estimate of drug-likeness (QED) is 0.150. The molecule has 270 valence electrons. The Kier molecular flexibility index (Phi) is 10.2. The molecule has 23 heteroatoms. The van der Waals surface area contributed by atoms with Crippen molar-refractivity contribution in [1.82, 2.24) is 0 Å². The van der Waals surface area contributed by atoms with Crippen LogP contribution in [0.2, 0.25) is 0 Å². The molecule has 0 heterocycles. The van der Waals surface area contributed by atoms with Crippen molar-refractivity contribution in [2.75, 3.05) is 0 Å². The summed E-state index contributed by atoms with van der Waals surface area (Å²) in [5, 5.41) is 19.1. The van der Waals surface area contributed by atoms with Gasteiger partial charge in [-0.25, -0.2) is 17.6 Å². The average molecular weight is 744 g/mol. The number of halogens is 19. The molecule has 1 unspecified atom stereocenters. The Labute approximate surface area is 259 Å². The second-order valence-electron chi connectivity index (χ2n) is 10.2. The largest absolute Gasteiger partial charge is 0.634 e. The normalized spacial score (nSPS) is 14.8. The maximum atomic E-state index is 15.4. The Morgan fingerprint density at radius 3 is 0.959 bits per heavy atom. The molecule has 0 saturated heterocycles. The lowest BCUT2D eigenvalue weighted by Gasteiger charge is -2.40. The molecule has 3 aromatic rings. The van der Waals surface area contributed by atoms with E-state index in [1.54, 1.807) is 0 Å². The van der Waals surface area contributed by atoms with Gasteiger partial charge in [-0.05, 0) is 54.4 Å². The van der Waals surface area contributed by atoms with Crippen LogP contribution in [0.3, 0.4) is 0 Å². The molecule has 0 amide bonds. The maximum Gasteiger partial charge on any atom is 0.634 e. The van der Waals surface area contributed by atoms with E-state index < -0.39 is 154 Å². The zero-order valence-electron chi connectivity index (χ0n) is 23.1. The Hall–Kier alpha value is -3.73. The fourth-order valence-electron chi connectivity index (χ4n) is 4.93. The zero-order chi connectivity index (χ0) is 38.0. The molecule has 0 spiro atoms. The second-order valence-corrected chi connectivity index (χ2v) is 10.2. The predicted molar refractivity (Wildman–Crippen MR) is 125 cm³/mol. The van der Waals surface area contributed by atoms with Gasteiger partial charge in [-0.15, -0.1) is 0 Å². The van der Waals surface area contributed by atoms with E-state index in [0.29, 0.717) is 0 Å². The molecular weight excluding hydrogens is 732 g/mol. The summed E-state index contributed by atoms with van der Waals surface area (Å²) in [7, 11) is -3.67. The van der Waals surface area contributed by atoms with E-state index >= 15 is 8.78 Å². The van der Waals surface area contributed by atoms with Crippen LogP contribution in [0.5, 0.6) is 0 Å². The highest BCUT2D eigenvalue weighted by atomic mass is 19.4. The molecular formula is C26H12BF19O3. The molecule has 0 radical (unpaired) electrons. The van der Waals surface area contributed by atoms with Gasteiger partial charge in [0.25, 0.3) is 0 Å². The van der Waals surface area contributed by atoms with Gasteiger partial charge >= 0.3 is 38.2 Å². The fourth-order valence-corrected chi connectivity index (χ4v) is 4.93. The Balaban J connectivity index is 2.75. The summed E-state index contributed by atoms with van der Waals surface area (Å²) in [6, 6.07) is -3.11. The first-order valence-corrected chi connectivity index (χ1v) is 12.4. The minimum atomic E-state index is -6.28. The standard InChI is InChI=1S/C26H12BF19O3/c1-21(49-27(47)48,15-17(28)19(30)16(26(44,45)46)20(31)18(15)29)14(8-2-10(22(32,33)34)6-11(3-8)23(35,36)37)9-4-12(24(38,39)40)7-13(5-9)25(41,42)43/h2-7,14,47-48H,1H3. The van der Waals surface area contributed by atoms with E-state index in [0.717, 1.165) is 0 Å². The van der Waals surface area contributed by atoms with Crippen LogP contribution in [0.15, 0.2) is 36.4 Å². The van der Waals surface area contributed by atoms with Gasteiger partial charge in [0.2, 0.25) is 0 Å². The monoisotopic (exact) mass is 744 g/mol. The van der Waals surface area contributed by atoms with Crippen molar-refractivity contribution < 1.29 is 98.1 Å². The van der Waals surface area contributed by atoms with Crippen LogP contribution in [-0.4, -0.2) is 17.4 Å². The molecule has 3 rings (SSSR count). The average Bonchev–Trinajstić information content (AvgIpc) is 2.88. The molecule has 0 aliphatic carbocycles. The molecule has 0 aliphatic heterocycles. The number of alkyl halides is 15. The van der Waals surface area contributed by atoms with Crippen LogP contribution in [0.25, 0.3) is 0 Å². The SMILES string of the molecule is CC(OB(O)O)(c1c(F)c(F)c(C(F)(F)F)c(F)c1F)C(c1cc(C(F)(F)F)cc(C(F)(F)F)c1)c1cc(C(F)(F)F)cc(C(F)(F)F)c1. The molecule has 3 nitrogen and oxygen atoms in total. The zero-order valence-corrected chi connectivity index (χ0v) is 23.1. The Bertz CT molecular complexity index is 1550. The van der Waals surface area contributed by atoms with Crippen molar-refractivity contribution >= 4 is 7.32 Å². The van der Waals surface area contributed by atoms with E-state index in [4.69, 9.17) is 0 Å². The smallest absolute Gasteiger partial charge is 0.402 e. The highest BCUT2D eigenvalue weighted by Gasteiger charge is 2.52. The third kappa shape index (κ3) is 8.03.